The fraction of sp³-hybridized carbons (Fsp3) is 0.333. The van der Waals surface area contributed by atoms with Gasteiger partial charge in [-0.05, 0) is 44.2 Å². The van der Waals surface area contributed by atoms with Crippen LogP contribution in [0.15, 0.2) is 53.4 Å². The minimum Gasteiger partial charge on any atom is -0.341 e. The van der Waals surface area contributed by atoms with Crippen molar-refractivity contribution < 1.29 is 18.0 Å². The number of benzene rings is 2. The highest BCUT2D eigenvalue weighted by Gasteiger charge is 2.22. The number of rotatable bonds is 8. The summed E-state index contributed by atoms with van der Waals surface area (Å²) in [6.07, 6.45) is 0. The van der Waals surface area contributed by atoms with E-state index >= 15 is 0 Å². The van der Waals surface area contributed by atoms with E-state index in [1.807, 2.05) is 13.0 Å². The van der Waals surface area contributed by atoms with Crippen LogP contribution in [0.25, 0.3) is 0 Å². The minimum absolute atomic E-state index is 0.107. The van der Waals surface area contributed by atoms with Gasteiger partial charge in [0.25, 0.3) is 5.91 Å². The average Bonchev–Trinajstić information content (AvgIpc) is 2.68. The van der Waals surface area contributed by atoms with Crippen LogP contribution < -0.4 is 10.6 Å². The van der Waals surface area contributed by atoms with Gasteiger partial charge in [-0.15, -0.1) is 0 Å². The molecule has 8 heteroatoms. The van der Waals surface area contributed by atoms with Crippen LogP contribution in [0.1, 0.15) is 36.7 Å². The van der Waals surface area contributed by atoms with Gasteiger partial charge in [-0.3, -0.25) is 9.59 Å². The minimum atomic E-state index is -3.63. The third-order valence-electron chi connectivity index (χ3n) is 4.47. The van der Waals surface area contributed by atoms with Crippen molar-refractivity contribution in [2.45, 2.75) is 38.6 Å². The van der Waals surface area contributed by atoms with Crippen molar-refractivity contribution in [3.05, 3.63) is 59.7 Å². The number of carbonyl (C=O) groups is 2. The van der Waals surface area contributed by atoms with Gasteiger partial charge >= 0.3 is 0 Å². The molecule has 2 amide bonds. The molecular weight excluding hydrogens is 390 g/mol. The lowest BCUT2D eigenvalue weighted by Crippen LogP contribution is -2.41. The van der Waals surface area contributed by atoms with Crippen molar-refractivity contribution >= 4 is 27.5 Å². The Morgan fingerprint density at radius 3 is 2.31 bits per heavy atom. The molecule has 0 heterocycles. The molecule has 7 nitrogen and oxygen atoms in total. The number of nitrogens with one attached hydrogen (secondary N) is 2. The molecule has 2 aromatic carbocycles. The second-order valence-corrected chi connectivity index (χ2v) is 8.61. The van der Waals surface area contributed by atoms with E-state index in [9.17, 15) is 18.0 Å². The molecule has 0 saturated carbocycles. The molecule has 0 aliphatic heterocycles. The van der Waals surface area contributed by atoms with Crippen molar-refractivity contribution in [3.63, 3.8) is 0 Å². The van der Waals surface area contributed by atoms with Crippen LogP contribution in [0.4, 0.5) is 5.69 Å². The number of nitrogens with zero attached hydrogens (tertiary/aromatic N) is 1. The van der Waals surface area contributed by atoms with Gasteiger partial charge in [-0.2, -0.15) is 4.31 Å². The fourth-order valence-electron chi connectivity index (χ4n) is 2.83. The Morgan fingerprint density at radius 1 is 1.03 bits per heavy atom. The van der Waals surface area contributed by atoms with E-state index in [2.05, 4.69) is 10.6 Å². The van der Waals surface area contributed by atoms with Crippen LogP contribution in [0, 0.1) is 6.92 Å². The van der Waals surface area contributed by atoms with E-state index in [4.69, 9.17) is 0 Å². The van der Waals surface area contributed by atoms with E-state index in [0.717, 1.165) is 5.56 Å². The Hall–Kier alpha value is -2.71. The fourth-order valence-corrected chi connectivity index (χ4v) is 4.33. The molecule has 0 bridgehead atoms. The van der Waals surface area contributed by atoms with E-state index < -0.39 is 22.0 Å². The largest absolute Gasteiger partial charge is 0.341 e. The number of hydrogen-bond donors (Lipinski definition) is 2. The van der Waals surface area contributed by atoms with Crippen LogP contribution >= 0.6 is 0 Å². The van der Waals surface area contributed by atoms with Gasteiger partial charge in [0.15, 0.2) is 0 Å². The summed E-state index contributed by atoms with van der Waals surface area (Å²) in [5, 5.41) is 5.31. The molecule has 0 saturated heterocycles. The Balaban J connectivity index is 2.09. The third-order valence-corrected chi connectivity index (χ3v) is 6.51. The van der Waals surface area contributed by atoms with Crippen molar-refractivity contribution in [2.24, 2.45) is 0 Å². The van der Waals surface area contributed by atoms with E-state index in [1.54, 1.807) is 51.1 Å². The first-order valence-corrected chi connectivity index (χ1v) is 10.9. The van der Waals surface area contributed by atoms with E-state index in [1.165, 1.54) is 16.4 Å². The number of sulfonamides is 1. The number of anilines is 1. The highest BCUT2D eigenvalue weighted by atomic mass is 32.2. The summed E-state index contributed by atoms with van der Waals surface area (Å²) in [5.74, 6) is -0.794. The van der Waals surface area contributed by atoms with Gasteiger partial charge in [0.2, 0.25) is 15.9 Å². The van der Waals surface area contributed by atoms with Gasteiger partial charge in [-0.1, -0.05) is 37.6 Å². The Bertz CT molecular complexity index is 985. The molecule has 156 valence electrons. The number of aryl methyl sites for hydroxylation is 1. The average molecular weight is 418 g/mol. The van der Waals surface area contributed by atoms with Crippen LogP contribution in [-0.2, 0) is 14.8 Å². The lowest BCUT2D eigenvalue weighted by atomic mass is 10.1. The zero-order valence-electron chi connectivity index (χ0n) is 17.1. The smallest absolute Gasteiger partial charge is 0.251 e. The predicted octanol–water partition coefficient (Wildman–Crippen LogP) is 2.78. The molecule has 0 spiro atoms. The maximum atomic E-state index is 12.7. The van der Waals surface area contributed by atoms with Crippen molar-refractivity contribution in [1.29, 1.82) is 0 Å². The summed E-state index contributed by atoms with van der Waals surface area (Å²) in [5.41, 5.74) is 1.76. The molecule has 0 aliphatic rings. The first-order valence-electron chi connectivity index (χ1n) is 9.47. The second kappa shape index (κ2) is 9.67. The molecule has 0 aliphatic carbocycles. The molecule has 0 fully saturated rings. The zero-order chi connectivity index (χ0) is 21.6. The van der Waals surface area contributed by atoms with Gasteiger partial charge in [0.05, 0.1) is 4.90 Å². The molecule has 29 heavy (non-hydrogen) atoms. The van der Waals surface area contributed by atoms with E-state index in [0.29, 0.717) is 24.3 Å². The van der Waals surface area contributed by atoms with Crippen molar-refractivity contribution in [1.82, 2.24) is 9.62 Å². The summed E-state index contributed by atoms with van der Waals surface area (Å²) in [6, 6.07) is 12.4. The summed E-state index contributed by atoms with van der Waals surface area (Å²) in [7, 11) is -3.63. The first kappa shape index (κ1) is 22.6. The normalized spacial score (nSPS) is 12.4. The van der Waals surface area contributed by atoms with E-state index in [-0.39, 0.29) is 10.8 Å². The molecule has 1 atom stereocenters. The molecule has 2 N–H and O–H groups in total. The summed E-state index contributed by atoms with van der Waals surface area (Å²) in [4.78, 5) is 24.9. The molecule has 0 aromatic heterocycles. The summed E-state index contributed by atoms with van der Waals surface area (Å²) >= 11 is 0. The number of amides is 2. The van der Waals surface area contributed by atoms with Crippen LogP contribution in [0.2, 0.25) is 0 Å². The second-order valence-electron chi connectivity index (χ2n) is 6.67. The zero-order valence-corrected chi connectivity index (χ0v) is 17.9. The Morgan fingerprint density at radius 2 is 1.69 bits per heavy atom. The highest BCUT2D eigenvalue weighted by Crippen LogP contribution is 2.19. The monoisotopic (exact) mass is 417 g/mol. The van der Waals surface area contributed by atoms with Gasteiger partial charge in [0, 0.05) is 24.3 Å². The maximum Gasteiger partial charge on any atom is 0.251 e. The topological polar surface area (TPSA) is 95.6 Å². The molecule has 0 unspecified atom stereocenters. The molecular formula is C21H27N3O4S. The molecule has 0 radical (unpaired) electrons. The standard InChI is InChI=1S/C21H27N3O4S/c1-5-24(6-2)29(27,28)19-12-8-11-18(14-19)23-20(25)16(4)22-21(26)17-10-7-9-15(3)13-17/h7-14,16H,5-6H2,1-4H3,(H,22,26)(H,23,25)/t16-/m0/s1. The highest BCUT2D eigenvalue weighted by molar-refractivity contribution is 7.89. The van der Waals surface area contributed by atoms with Crippen LogP contribution in [-0.4, -0.2) is 43.7 Å². The quantitative estimate of drug-likeness (QED) is 0.690. The predicted molar refractivity (Wildman–Crippen MR) is 113 cm³/mol. The Kier molecular flexibility index (Phi) is 7.53. The van der Waals surface area contributed by atoms with Gasteiger partial charge in [-0.25, -0.2) is 8.42 Å². The van der Waals surface area contributed by atoms with Crippen LogP contribution in [0.3, 0.4) is 0 Å². The molecule has 2 aromatic rings. The number of hydrogen-bond acceptors (Lipinski definition) is 4. The summed E-state index contributed by atoms with van der Waals surface area (Å²) in [6.45, 7) is 7.71. The van der Waals surface area contributed by atoms with Crippen molar-refractivity contribution in [3.8, 4) is 0 Å². The van der Waals surface area contributed by atoms with Gasteiger partial charge in [0.1, 0.15) is 6.04 Å². The maximum absolute atomic E-state index is 12.7. The lowest BCUT2D eigenvalue weighted by molar-refractivity contribution is -0.117. The first-order chi connectivity index (χ1) is 13.7. The Labute approximate surface area is 172 Å². The van der Waals surface area contributed by atoms with Crippen molar-refractivity contribution in [2.75, 3.05) is 18.4 Å². The molecule has 2 rings (SSSR count). The summed E-state index contributed by atoms with van der Waals surface area (Å²) < 4.78 is 26.7. The van der Waals surface area contributed by atoms with Crippen LogP contribution in [0.5, 0.6) is 0 Å². The third kappa shape index (κ3) is 5.65. The SMILES string of the molecule is CCN(CC)S(=O)(=O)c1cccc(NC(=O)[C@H](C)NC(=O)c2cccc(C)c2)c1. The lowest BCUT2D eigenvalue weighted by Gasteiger charge is -2.19. The number of carbonyl (C=O) groups excluding carboxylic acids is 2. The van der Waals surface area contributed by atoms with Gasteiger partial charge < -0.3 is 10.6 Å².